The fourth-order valence-electron chi connectivity index (χ4n) is 3.19. The van der Waals surface area contributed by atoms with Crippen LogP contribution in [0.15, 0.2) is 0 Å². The zero-order valence-electron chi connectivity index (χ0n) is 12.7. The molecule has 0 aliphatic heterocycles. The summed E-state index contributed by atoms with van der Waals surface area (Å²) in [5.41, 5.74) is 6.09. The minimum Gasteiger partial charge on any atom is -0.342 e. The Labute approximate surface area is 117 Å². The maximum absolute atomic E-state index is 12.2. The van der Waals surface area contributed by atoms with Gasteiger partial charge in [-0.05, 0) is 51.5 Å². The van der Waals surface area contributed by atoms with Crippen LogP contribution in [0.25, 0.3) is 0 Å². The van der Waals surface area contributed by atoms with Gasteiger partial charge < -0.3 is 10.6 Å². The molecule has 0 unspecified atom stereocenters. The van der Waals surface area contributed by atoms with E-state index in [0.29, 0.717) is 19.1 Å². The van der Waals surface area contributed by atoms with Crippen LogP contribution in [-0.4, -0.2) is 54.5 Å². The Morgan fingerprint density at radius 1 is 1.21 bits per heavy atom. The molecular formula is C15H29N3O. The average Bonchev–Trinajstić information content (AvgIpc) is 3.23. The van der Waals surface area contributed by atoms with E-state index in [4.69, 9.17) is 5.73 Å². The van der Waals surface area contributed by atoms with E-state index in [1.807, 2.05) is 11.9 Å². The molecule has 0 radical (unpaired) electrons. The first-order valence-electron chi connectivity index (χ1n) is 7.65. The molecular weight excluding hydrogens is 238 g/mol. The van der Waals surface area contributed by atoms with Crippen molar-refractivity contribution in [1.29, 1.82) is 0 Å². The first-order chi connectivity index (χ1) is 8.98. The fraction of sp³-hybridized carbons (Fsp3) is 0.933. The van der Waals surface area contributed by atoms with Crippen molar-refractivity contribution in [2.45, 2.75) is 57.0 Å². The van der Waals surface area contributed by atoms with Crippen LogP contribution in [0.1, 0.15) is 45.4 Å². The van der Waals surface area contributed by atoms with Gasteiger partial charge in [0, 0.05) is 25.2 Å². The van der Waals surface area contributed by atoms with E-state index in [2.05, 4.69) is 18.9 Å². The van der Waals surface area contributed by atoms with Crippen molar-refractivity contribution in [2.24, 2.45) is 11.7 Å². The standard InChI is InChI=1S/C15H29N3O/c1-12-6-8-15(11-16,9-7-12)17(2)10-14(19)18(3)13-4-5-13/h12-13H,4-11,16H2,1-3H3. The van der Waals surface area contributed by atoms with E-state index in [1.54, 1.807) is 0 Å². The summed E-state index contributed by atoms with van der Waals surface area (Å²) < 4.78 is 0. The summed E-state index contributed by atoms with van der Waals surface area (Å²) in [4.78, 5) is 16.4. The van der Waals surface area contributed by atoms with Gasteiger partial charge in [-0.1, -0.05) is 6.92 Å². The van der Waals surface area contributed by atoms with E-state index in [-0.39, 0.29) is 11.4 Å². The van der Waals surface area contributed by atoms with Crippen molar-refractivity contribution in [2.75, 3.05) is 27.2 Å². The number of nitrogens with zero attached hydrogens (tertiary/aromatic N) is 2. The Bertz CT molecular complexity index is 319. The van der Waals surface area contributed by atoms with Gasteiger partial charge in [0.05, 0.1) is 6.54 Å². The summed E-state index contributed by atoms with van der Waals surface area (Å²) in [6, 6.07) is 0.501. The molecule has 0 bridgehead atoms. The van der Waals surface area contributed by atoms with Crippen molar-refractivity contribution >= 4 is 5.91 Å². The van der Waals surface area contributed by atoms with E-state index in [1.165, 1.54) is 25.7 Å². The second-order valence-corrected chi connectivity index (χ2v) is 6.70. The van der Waals surface area contributed by atoms with Gasteiger partial charge >= 0.3 is 0 Å². The summed E-state index contributed by atoms with van der Waals surface area (Å²) in [7, 11) is 4.01. The molecule has 19 heavy (non-hydrogen) atoms. The van der Waals surface area contributed by atoms with Crippen molar-refractivity contribution in [1.82, 2.24) is 9.80 Å². The zero-order chi connectivity index (χ0) is 14.0. The summed E-state index contributed by atoms with van der Waals surface area (Å²) in [5, 5.41) is 0. The van der Waals surface area contributed by atoms with Gasteiger partial charge in [0.25, 0.3) is 0 Å². The van der Waals surface area contributed by atoms with E-state index < -0.39 is 0 Å². The van der Waals surface area contributed by atoms with E-state index in [9.17, 15) is 4.79 Å². The lowest BCUT2D eigenvalue weighted by Gasteiger charge is -2.45. The molecule has 0 spiro atoms. The maximum atomic E-state index is 12.2. The van der Waals surface area contributed by atoms with Crippen LogP contribution in [0.5, 0.6) is 0 Å². The number of carbonyl (C=O) groups excluding carboxylic acids is 1. The van der Waals surface area contributed by atoms with Crippen LogP contribution >= 0.6 is 0 Å². The summed E-state index contributed by atoms with van der Waals surface area (Å²) in [6.45, 7) is 3.49. The van der Waals surface area contributed by atoms with Crippen LogP contribution in [0.3, 0.4) is 0 Å². The molecule has 0 aromatic heterocycles. The number of hydrogen-bond donors (Lipinski definition) is 1. The van der Waals surface area contributed by atoms with Crippen molar-refractivity contribution in [3.63, 3.8) is 0 Å². The lowest BCUT2D eigenvalue weighted by Crippen LogP contribution is -2.56. The Morgan fingerprint density at radius 3 is 2.26 bits per heavy atom. The molecule has 1 amide bonds. The zero-order valence-corrected chi connectivity index (χ0v) is 12.7. The van der Waals surface area contributed by atoms with Gasteiger partial charge in [-0.15, -0.1) is 0 Å². The summed E-state index contributed by atoms with van der Waals surface area (Å²) in [5.74, 6) is 1.05. The highest BCUT2D eigenvalue weighted by molar-refractivity contribution is 5.78. The Kier molecular flexibility index (Phi) is 4.51. The summed E-state index contributed by atoms with van der Waals surface area (Å²) in [6.07, 6.45) is 7.06. The molecule has 2 aliphatic rings. The minimum absolute atomic E-state index is 0.0482. The number of carbonyl (C=O) groups is 1. The maximum Gasteiger partial charge on any atom is 0.236 e. The lowest BCUT2D eigenvalue weighted by molar-refractivity contribution is -0.133. The van der Waals surface area contributed by atoms with Gasteiger partial charge in [-0.2, -0.15) is 0 Å². The van der Waals surface area contributed by atoms with Gasteiger partial charge in [0.2, 0.25) is 5.91 Å². The van der Waals surface area contributed by atoms with Crippen LogP contribution in [0.4, 0.5) is 0 Å². The topological polar surface area (TPSA) is 49.6 Å². The lowest BCUT2D eigenvalue weighted by atomic mass is 9.76. The van der Waals surface area contributed by atoms with Crippen LogP contribution in [-0.2, 0) is 4.79 Å². The quantitative estimate of drug-likeness (QED) is 0.820. The highest BCUT2D eigenvalue weighted by Crippen LogP contribution is 2.35. The molecule has 4 nitrogen and oxygen atoms in total. The molecule has 2 fully saturated rings. The van der Waals surface area contributed by atoms with Crippen molar-refractivity contribution < 1.29 is 4.79 Å². The molecule has 0 aromatic rings. The van der Waals surface area contributed by atoms with Crippen molar-refractivity contribution in [3.8, 4) is 0 Å². The first-order valence-corrected chi connectivity index (χ1v) is 7.65. The fourth-order valence-corrected chi connectivity index (χ4v) is 3.19. The van der Waals surface area contributed by atoms with Gasteiger partial charge in [-0.3, -0.25) is 9.69 Å². The van der Waals surface area contributed by atoms with E-state index in [0.717, 1.165) is 18.8 Å². The molecule has 0 atom stereocenters. The second-order valence-electron chi connectivity index (χ2n) is 6.70. The monoisotopic (exact) mass is 267 g/mol. The molecule has 110 valence electrons. The van der Waals surface area contributed by atoms with Crippen LogP contribution in [0.2, 0.25) is 0 Å². The molecule has 2 rings (SSSR count). The van der Waals surface area contributed by atoms with Crippen molar-refractivity contribution in [3.05, 3.63) is 0 Å². The number of rotatable bonds is 5. The molecule has 2 saturated carbocycles. The van der Waals surface area contributed by atoms with Gasteiger partial charge in [0.15, 0.2) is 0 Å². The SMILES string of the molecule is CC1CCC(CN)(N(C)CC(=O)N(C)C2CC2)CC1. The van der Waals surface area contributed by atoms with Crippen LogP contribution < -0.4 is 5.73 Å². The molecule has 2 N–H and O–H groups in total. The summed E-state index contributed by atoms with van der Waals surface area (Å²) >= 11 is 0. The Morgan fingerprint density at radius 2 is 1.79 bits per heavy atom. The number of likely N-dealkylation sites (N-methyl/N-ethyl adjacent to an activating group) is 2. The highest BCUT2D eigenvalue weighted by atomic mass is 16.2. The predicted molar refractivity (Wildman–Crippen MR) is 77.8 cm³/mol. The van der Waals surface area contributed by atoms with E-state index >= 15 is 0 Å². The largest absolute Gasteiger partial charge is 0.342 e. The molecule has 0 aromatic carbocycles. The second kappa shape index (κ2) is 5.80. The first kappa shape index (κ1) is 14.8. The Hall–Kier alpha value is -0.610. The molecule has 4 heteroatoms. The normalized spacial score (nSPS) is 31.5. The smallest absolute Gasteiger partial charge is 0.236 e. The van der Waals surface area contributed by atoms with Crippen LogP contribution in [0, 0.1) is 5.92 Å². The number of nitrogens with two attached hydrogens (primary N) is 1. The predicted octanol–water partition coefficient (Wildman–Crippen LogP) is 1.45. The van der Waals surface area contributed by atoms with Gasteiger partial charge in [-0.25, -0.2) is 0 Å². The number of amides is 1. The molecule has 0 heterocycles. The molecule has 0 saturated heterocycles. The average molecular weight is 267 g/mol. The third kappa shape index (κ3) is 3.29. The minimum atomic E-state index is 0.0482. The Balaban J connectivity index is 1.92. The highest BCUT2D eigenvalue weighted by Gasteiger charge is 2.38. The van der Waals surface area contributed by atoms with Gasteiger partial charge in [0.1, 0.15) is 0 Å². The molecule has 2 aliphatic carbocycles. The third-order valence-electron chi connectivity index (χ3n) is 5.26. The third-order valence-corrected chi connectivity index (χ3v) is 5.26. The number of hydrogen-bond acceptors (Lipinski definition) is 3.